The van der Waals surface area contributed by atoms with Gasteiger partial charge >= 0.3 is 0 Å². The molecule has 8 nitrogen and oxygen atoms in total. The Bertz CT molecular complexity index is 1470. The molecule has 1 unspecified atom stereocenters. The molecule has 0 aromatic heterocycles. The van der Waals surface area contributed by atoms with Crippen molar-refractivity contribution in [3.05, 3.63) is 89.7 Å². The normalized spacial score (nSPS) is 12.4. The van der Waals surface area contributed by atoms with E-state index in [2.05, 4.69) is 5.32 Å². The highest BCUT2D eigenvalue weighted by Gasteiger charge is 2.35. The van der Waals surface area contributed by atoms with E-state index in [9.17, 15) is 18.0 Å². The third kappa shape index (κ3) is 8.07. The van der Waals surface area contributed by atoms with E-state index in [0.29, 0.717) is 11.3 Å². The fourth-order valence-corrected chi connectivity index (χ4v) is 5.77. The number of hydrogen-bond acceptors (Lipinski definition) is 5. The van der Waals surface area contributed by atoms with Crippen LogP contribution in [0.5, 0.6) is 5.75 Å². The Hall–Kier alpha value is -3.92. The van der Waals surface area contributed by atoms with Gasteiger partial charge in [0.2, 0.25) is 11.8 Å². The van der Waals surface area contributed by atoms with Crippen molar-refractivity contribution in [2.75, 3.05) is 18.0 Å². The van der Waals surface area contributed by atoms with Gasteiger partial charge in [0, 0.05) is 12.1 Å². The van der Waals surface area contributed by atoms with E-state index in [1.807, 2.05) is 27.7 Å². The fourth-order valence-electron chi connectivity index (χ4n) is 4.34. The number of aryl methyl sites for hydroxylation is 1. The zero-order chi connectivity index (χ0) is 30.4. The lowest BCUT2D eigenvalue weighted by atomic mass is 10.1. The first-order valence-electron chi connectivity index (χ1n) is 13.3. The lowest BCUT2D eigenvalue weighted by Gasteiger charge is -2.34. The number of ether oxygens (including phenoxy) is 1. The maximum Gasteiger partial charge on any atom is 0.264 e. The van der Waals surface area contributed by atoms with Crippen molar-refractivity contribution in [3.8, 4) is 5.75 Å². The molecule has 0 bridgehead atoms. The molecule has 3 aromatic carbocycles. The number of hydrogen-bond donors (Lipinski definition) is 1. The molecule has 0 heterocycles. The minimum Gasteiger partial charge on any atom is -0.497 e. The van der Waals surface area contributed by atoms with Gasteiger partial charge in [-0.3, -0.25) is 13.9 Å². The van der Waals surface area contributed by atoms with Crippen LogP contribution in [0.25, 0.3) is 0 Å². The molecule has 1 atom stereocenters. The quantitative estimate of drug-likeness (QED) is 0.341. The van der Waals surface area contributed by atoms with Crippen molar-refractivity contribution in [2.45, 2.75) is 64.1 Å². The third-order valence-electron chi connectivity index (χ3n) is 6.38. The lowest BCUT2D eigenvalue weighted by Crippen LogP contribution is -2.55. The van der Waals surface area contributed by atoms with E-state index in [1.54, 1.807) is 43.3 Å². The molecule has 0 aliphatic rings. The number of carbonyl (C=O) groups is 2. The van der Waals surface area contributed by atoms with Crippen molar-refractivity contribution in [3.63, 3.8) is 0 Å². The number of benzene rings is 3. The monoisotopic (exact) mass is 583 g/mol. The Balaban J connectivity index is 2.09. The van der Waals surface area contributed by atoms with E-state index >= 15 is 4.39 Å². The molecule has 0 radical (unpaired) electrons. The third-order valence-corrected chi connectivity index (χ3v) is 8.15. The largest absolute Gasteiger partial charge is 0.497 e. The Labute approximate surface area is 242 Å². The topological polar surface area (TPSA) is 96.0 Å². The molecule has 3 rings (SSSR count). The van der Waals surface area contributed by atoms with Gasteiger partial charge in [0.1, 0.15) is 24.2 Å². The van der Waals surface area contributed by atoms with Crippen LogP contribution in [0.15, 0.2) is 77.7 Å². The summed E-state index contributed by atoms with van der Waals surface area (Å²) in [5, 5.41) is 2.92. The minimum absolute atomic E-state index is 0.00178. The van der Waals surface area contributed by atoms with E-state index in [1.165, 1.54) is 42.3 Å². The maximum absolute atomic E-state index is 15.1. The summed E-state index contributed by atoms with van der Waals surface area (Å²) in [5.74, 6) is -1.28. The smallest absolute Gasteiger partial charge is 0.264 e. The molecular weight excluding hydrogens is 545 g/mol. The van der Waals surface area contributed by atoms with Crippen LogP contribution >= 0.6 is 0 Å². The van der Waals surface area contributed by atoms with E-state index in [0.717, 1.165) is 15.9 Å². The van der Waals surface area contributed by atoms with Gasteiger partial charge in [-0.15, -0.1) is 0 Å². The highest BCUT2D eigenvalue weighted by atomic mass is 32.2. The zero-order valence-corrected chi connectivity index (χ0v) is 25.2. The molecule has 0 fully saturated rings. The minimum atomic E-state index is -4.36. The number of amides is 2. The van der Waals surface area contributed by atoms with Gasteiger partial charge in [-0.1, -0.05) is 48.9 Å². The summed E-state index contributed by atoms with van der Waals surface area (Å²) in [6, 6.07) is 17.6. The summed E-state index contributed by atoms with van der Waals surface area (Å²) < 4.78 is 48.8. The SMILES string of the molecule is CCC(C(=O)NC(C)(C)C)N(Cc1cccc(OC)c1)C(=O)CN(c1ccccc1F)S(=O)(=O)c1ccc(C)cc1. The van der Waals surface area contributed by atoms with Crippen LogP contribution in [0, 0.1) is 12.7 Å². The first-order valence-corrected chi connectivity index (χ1v) is 14.8. The number of sulfonamides is 1. The Kier molecular flexibility index (Phi) is 10.1. The van der Waals surface area contributed by atoms with Crippen molar-refractivity contribution >= 4 is 27.5 Å². The first kappa shape index (κ1) is 31.6. The number of para-hydroxylation sites is 1. The molecular formula is C31H38FN3O5S. The van der Waals surface area contributed by atoms with E-state index < -0.39 is 39.9 Å². The van der Waals surface area contributed by atoms with Gasteiger partial charge in [0.25, 0.3) is 10.0 Å². The van der Waals surface area contributed by atoms with Crippen LogP contribution in [-0.2, 0) is 26.2 Å². The Morgan fingerprint density at radius 2 is 1.66 bits per heavy atom. The number of carbonyl (C=O) groups excluding carboxylic acids is 2. The number of anilines is 1. The van der Waals surface area contributed by atoms with Crippen LogP contribution in [-0.4, -0.2) is 50.4 Å². The standard InChI is InChI=1S/C31H38FN3O5S/c1-7-27(30(37)33-31(3,4)5)34(20-23-11-10-12-24(19-23)40-6)29(36)21-35(28-14-9-8-13-26(28)32)41(38,39)25-17-15-22(2)16-18-25/h8-19,27H,7,20-21H2,1-6H3,(H,33,37). The summed E-state index contributed by atoms with van der Waals surface area (Å²) in [4.78, 5) is 28.7. The second-order valence-corrected chi connectivity index (χ2v) is 12.7. The summed E-state index contributed by atoms with van der Waals surface area (Å²) in [5.41, 5.74) is 0.689. The van der Waals surface area contributed by atoms with Gasteiger partial charge in [0.05, 0.1) is 17.7 Å². The maximum atomic E-state index is 15.1. The molecule has 0 spiro atoms. The average Bonchev–Trinajstić information content (AvgIpc) is 2.91. The lowest BCUT2D eigenvalue weighted by molar-refractivity contribution is -0.141. The van der Waals surface area contributed by atoms with Crippen molar-refractivity contribution in [1.29, 1.82) is 0 Å². The highest BCUT2D eigenvalue weighted by Crippen LogP contribution is 2.27. The molecule has 3 aromatic rings. The molecule has 0 saturated carbocycles. The van der Waals surface area contributed by atoms with Gasteiger partial charge in [-0.2, -0.15) is 0 Å². The van der Waals surface area contributed by atoms with Crippen LogP contribution in [0.1, 0.15) is 45.2 Å². The second-order valence-electron chi connectivity index (χ2n) is 10.8. The molecule has 10 heteroatoms. The van der Waals surface area contributed by atoms with Crippen LogP contribution < -0.4 is 14.4 Å². The van der Waals surface area contributed by atoms with Crippen molar-refractivity contribution < 1.29 is 27.1 Å². The number of nitrogens with one attached hydrogen (secondary N) is 1. The first-order chi connectivity index (χ1) is 19.3. The molecule has 220 valence electrons. The molecule has 2 amide bonds. The molecule has 1 N–H and O–H groups in total. The second kappa shape index (κ2) is 13.2. The van der Waals surface area contributed by atoms with E-state index in [4.69, 9.17) is 4.74 Å². The summed E-state index contributed by atoms with van der Waals surface area (Å²) in [7, 11) is -2.84. The summed E-state index contributed by atoms with van der Waals surface area (Å²) >= 11 is 0. The molecule has 0 aliphatic carbocycles. The number of nitrogens with zero attached hydrogens (tertiary/aromatic N) is 2. The Morgan fingerprint density at radius 1 is 1.00 bits per heavy atom. The molecule has 0 saturated heterocycles. The van der Waals surface area contributed by atoms with Gasteiger partial charge < -0.3 is 15.0 Å². The van der Waals surface area contributed by atoms with Crippen molar-refractivity contribution in [1.82, 2.24) is 10.2 Å². The zero-order valence-electron chi connectivity index (χ0n) is 24.3. The number of methoxy groups -OCH3 is 1. The molecule has 41 heavy (non-hydrogen) atoms. The number of rotatable bonds is 11. The fraction of sp³-hybridized carbons (Fsp3) is 0.355. The Morgan fingerprint density at radius 3 is 2.24 bits per heavy atom. The average molecular weight is 584 g/mol. The summed E-state index contributed by atoms with van der Waals surface area (Å²) in [6.45, 7) is 8.37. The predicted molar refractivity (Wildman–Crippen MR) is 158 cm³/mol. The van der Waals surface area contributed by atoms with Gasteiger partial charge in [-0.25, -0.2) is 12.8 Å². The van der Waals surface area contributed by atoms with Gasteiger partial charge in [0.15, 0.2) is 0 Å². The van der Waals surface area contributed by atoms with Crippen LogP contribution in [0.4, 0.5) is 10.1 Å². The van der Waals surface area contributed by atoms with Crippen LogP contribution in [0.2, 0.25) is 0 Å². The predicted octanol–water partition coefficient (Wildman–Crippen LogP) is 5.06. The highest BCUT2D eigenvalue weighted by molar-refractivity contribution is 7.92. The van der Waals surface area contributed by atoms with E-state index in [-0.39, 0.29) is 29.5 Å². The molecule has 0 aliphatic heterocycles. The van der Waals surface area contributed by atoms with Crippen LogP contribution in [0.3, 0.4) is 0 Å². The van der Waals surface area contributed by atoms with Crippen molar-refractivity contribution in [2.24, 2.45) is 0 Å². The number of halogens is 1. The summed E-state index contributed by atoms with van der Waals surface area (Å²) in [6.07, 6.45) is 0.266. The van der Waals surface area contributed by atoms with Gasteiger partial charge in [-0.05, 0) is 76.1 Å².